The lowest BCUT2D eigenvalue weighted by atomic mass is 10.1. The van der Waals surface area contributed by atoms with Crippen LogP contribution in [0.15, 0.2) is 0 Å². The maximum absolute atomic E-state index is 12.9. The molecule has 1 saturated heterocycles. The van der Waals surface area contributed by atoms with Crippen molar-refractivity contribution in [2.24, 2.45) is 17.8 Å². The molecule has 3 nitrogen and oxygen atoms in total. The predicted octanol–water partition coefficient (Wildman–Crippen LogP) is 3.67. The van der Waals surface area contributed by atoms with Crippen molar-refractivity contribution in [2.75, 3.05) is 6.54 Å². The average Bonchev–Trinajstić information content (AvgIpc) is 2.77. The van der Waals surface area contributed by atoms with E-state index in [4.69, 9.17) is 0 Å². The van der Waals surface area contributed by atoms with E-state index in [-0.39, 0.29) is 5.91 Å². The minimum atomic E-state index is -4.19. The maximum atomic E-state index is 12.9. The largest absolute Gasteiger partial charge is 0.394 e. The first-order valence-electron chi connectivity index (χ1n) is 7.54. The molecule has 0 radical (unpaired) electrons. The number of nitrogens with zero attached hydrogens (tertiary/aromatic N) is 2. The Kier molecular flexibility index (Phi) is 3.74. The van der Waals surface area contributed by atoms with E-state index in [0.717, 1.165) is 11.4 Å². The van der Waals surface area contributed by atoms with Gasteiger partial charge in [-0.15, -0.1) is 11.3 Å². The molecule has 2 aliphatic rings. The molecule has 3 atom stereocenters. The first-order valence-corrected chi connectivity index (χ1v) is 8.35. The second-order valence-corrected chi connectivity index (χ2v) is 7.71. The first-order chi connectivity index (χ1) is 10.2. The van der Waals surface area contributed by atoms with E-state index >= 15 is 0 Å². The third-order valence-electron chi connectivity index (χ3n) is 4.45. The Hall–Kier alpha value is -1.11. The molecule has 3 rings (SSSR count). The molecule has 7 heteroatoms. The number of hydrogen-bond acceptors (Lipinski definition) is 3. The van der Waals surface area contributed by atoms with Crippen LogP contribution < -0.4 is 0 Å². The van der Waals surface area contributed by atoms with Crippen LogP contribution in [0.1, 0.15) is 40.6 Å². The molecule has 0 N–H and O–H groups in total. The summed E-state index contributed by atoms with van der Waals surface area (Å²) < 4.78 is 38.6. The number of thiazole rings is 1. The van der Waals surface area contributed by atoms with E-state index in [2.05, 4.69) is 18.8 Å². The smallest absolute Gasteiger partial charge is 0.334 e. The average molecular weight is 332 g/mol. The molecule has 0 aromatic carbocycles. The van der Waals surface area contributed by atoms with Gasteiger partial charge >= 0.3 is 6.18 Å². The van der Waals surface area contributed by atoms with Crippen molar-refractivity contribution < 1.29 is 18.0 Å². The number of aromatic nitrogens is 1. The molecule has 2 fully saturated rings. The van der Waals surface area contributed by atoms with Gasteiger partial charge < -0.3 is 4.90 Å². The van der Waals surface area contributed by atoms with Crippen molar-refractivity contribution in [1.82, 2.24) is 9.88 Å². The van der Waals surface area contributed by atoms with Gasteiger partial charge in [-0.2, -0.15) is 13.2 Å². The molecule has 1 amide bonds. The molecule has 1 saturated carbocycles. The number of alkyl halides is 3. The number of rotatable bonds is 3. The van der Waals surface area contributed by atoms with Gasteiger partial charge in [-0.3, -0.25) is 4.79 Å². The second-order valence-electron chi connectivity index (χ2n) is 6.63. The zero-order valence-electron chi connectivity index (χ0n) is 12.8. The molecule has 1 aliphatic heterocycles. The number of halogens is 3. The predicted molar refractivity (Wildman–Crippen MR) is 77.9 cm³/mol. The fourth-order valence-corrected chi connectivity index (χ4v) is 4.69. The number of carbonyl (C=O) groups is 1. The molecule has 22 heavy (non-hydrogen) atoms. The van der Waals surface area contributed by atoms with Gasteiger partial charge in [0.05, 0.1) is 16.6 Å². The Balaban J connectivity index is 1.77. The number of piperidine rings is 1. The van der Waals surface area contributed by atoms with E-state index in [9.17, 15) is 18.0 Å². The zero-order valence-corrected chi connectivity index (χ0v) is 13.6. The molecule has 2 heterocycles. The standard InChI is InChI=1S/C15H19F3N2OS/c1-7(2)6-10-19-8(3)13(22-10)14(21)20-5-4-9-11(12(9)20)15(16,17)18/h7,9,11-12H,4-6H2,1-3H3/t9-,11+,12+/m0/s1. The Morgan fingerprint density at radius 2 is 2.14 bits per heavy atom. The highest BCUT2D eigenvalue weighted by Gasteiger charge is 2.69. The number of carbonyl (C=O) groups excluding carboxylic acids is 1. The topological polar surface area (TPSA) is 33.2 Å². The monoisotopic (exact) mass is 332 g/mol. The molecule has 0 spiro atoms. The molecule has 0 bridgehead atoms. The van der Waals surface area contributed by atoms with Crippen LogP contribution in [0.25, 0.3) is 0 Å². The lowest BCUT2D eigenvalue weighted by Gasteiger charge is -2.20. The van der Waals surface area contributed by atoms with Crippen LogP contribution >= 0.6 is 11.3 Å². The number of amides is 1. The number of likely N-dealkylation sites (tertiary alicyclic amines) is 1. The van der Waals surface area contributed by atoms with Crippen molar-refractivity contribution in [3.8, 4) is 0 Å². The number of hydrogen-bond donors (Lipinski definition) is 0. The van der Waals surface area contributed by atoms with Crippen molar-refractivity contribution in [3.05, 3.63) is 15.6 Å². The Labute approximate surface area is 131 Å². The fourth-order valence-electron chi connectivity index (χ4n) is 3.46. The zero-order chi connectivity index (χ0) is 16.2. The lowest BCUT2D eigenvalue weighted by molar-refractivity contribution is -0.156. The van der Waals surface area contributed by atoms with Gasteiger partial charge in [-0.1, -0.05) is 13.8 Å². The van der Waals surface area contributed by atoms with Gasteiger partial charge in [0.1, 0.15) is 4.88 Å². The van der Waals surface area contributed by atoms with E-state index in [1.165, 1.54) is 16.2 Å². The van der Waals surface area contributed by atoms with Gasteiger partial charge in [0, 0.05) is 19.0 Å². The molecule has 1 aromatic heterocycles. The highest BCUT2D eigenvalue weighted by Crippen LogP contribution is 2.58. The van der Waals surface area contributed by atoms with Gasteiger partial charge in [-0.05, 0) is 25.2 Å². The normalized spacial score (nSPS) is 27.4. The summed E-state index contributed by atoms with van der Waals surface area (Å²) in [6, 6.07) is -0.650. The minimum absolute atomic E-state index is 0.274. The van der Waals surface area contributed by atoms with Crippen LogP contribution in [-0.4, -0.2) is 34.6 Å². The summed E-state index contributed by atoms with van der Waals surface area (Å²) in [7, 11) is 0. The van der Waals surface area contributed by atoms with E-state index in [1.54, 1.807) is 6.92 Å². The van der Waals surface area contributed by atoms with E-state index in [1.807, 2.05) is 0 Å². The quantitative estimate of drug-likeness (QED) is 0.846. The number of fused-ring (bicyclic) bond motifs is 1. The van der Waals surface area contributed by atoms with E-state index in [0.29, 0.717) is 29.5 Å². The Morgan fingerprint density at radius 1 is 1.45 bits per heavy atom. The van der Waals surface area contributed by atoms with Crippen LogP contribution in [0.2, 0.25) is 0 Å². The van der Waals surface area contributed by atoms with Crippen molar-refractivity contribution in [2.45, 2.75) is 45.8 Å². The highest BCUT2D eigenvalue weighted by atomic mass is 32.1. The van der Waals surface area contributed by atoms with Crippen LogP contribution in [0, 0.1) is 24.7 Å². The molecular formula is C15H19F3N2OS. The van der Waals surface area contributed by atoms with Crippen LogP contribution in [0.3, 0.4) is 0 Å². The van der Waals surface area contributed by atoms with Gasteiger partial charge in [0.15, 0.2) is 0 Å². The van der Waals surface area contributed by atoms with Crippen LogP contribution in [0.5, 0.6) is 0 Å². The van der Waals surface area contributed by atoms with E-state index < -0.39 is 24.1 Å². The molecular weight excluding hydrogens is 313 g/mol. The summed E-state index contributed by atoms with van der Waals surface area (Å²) in [6.45, 7) is 6.33. The first kappa shape index (κ1) is 15.8. The fraction of sp³-hybridized carbons (Fsp3) is 0.733. The summed E-state index contributed by atoms with van der Waals surface area (Å²) in [5.41, 5.74) is 0.637. The summed E-state index contributed by atoms with van der Waals surface area (Å²) in [4.78, 5) is 18.9. The summed E-state index contributed by atoms with van der Waals surface area (Å²) in [6.07, 6.45) is -2.95. The SMILES string of the molecule is Cc1nc(CC(C)C)sc1C(=O)N1CC[C@@H]2[C@@H]1[C@@H]2C(F)(F)F. The van der Waals surface area contributed by atoms with Crippen molar-refractivity contribution in [3.63, 3.8) is 0 Å². The Morgan fingerprint density at radius 3 is 2.68 bits per heavy atom. The number of aryl methyl sites for hydroxylation is 1. The van der Waals surface area contributed by atoms with Crippen LogP contribution in [0.4, 0.5) is 13.2 Å². The maximum Gasteiger partial charge on any atom is 0.394 e. The summed E-state index contributed by atoms with van der Waals surface area (Å²) in [5.74, 6) is -1.56. The summed E-state index contributed by atoms with van der Waals surface area (Å²) in [5, 5.41) is 0.884. The lowest BCUT2D eigenvalue weighted by Crippen LogP contribution is -2.35. The van der Waals surface area contributed by atoms with Crippen LogP contribution in [-0.2, 0) is 6.42 Å². The van der Waals surface area contributed by atoms with Crippen molar-refractivity contribution in [1.29, 1.82) is 0 Å². The molecule has 0 unspecified atom stereocenters. The van der Waals surface area contributed by atoms with Crippen molar-refractivity contribution >= 4 is 17.2 Å². The van der Waals surface area contributed by atoms with Gasteiger partial charge in [0.2, 0.25) is 0 Å². The minimum Gasteiger partial charge on any atom is -0.334 e. The van der Waals surface area contributed by atoms with Gasteiger partial charge in [0.25, 0.3) is 5.91 Å². The summed E-state index contributed by atoms with van der Waals surface area (Å²) >= 11 is 1.33. The third-order valence-corrected chi connectivity index (χ3v) is 5.61. The second kappa shape index (κ2) is 5.22. The molecule has 122 valence electrons. The molecule has 1 aromatic rings. The third kappa shape index (κ3) is 2.64. The van der Waals surface area contributed by atoms with Gasteiger partial charge in [-0.25, -0.2) is 4.98 Å². The highest BCUT2D eigenvalue weighted by molar-refractivity contribution is 7.13. The Bertz CT molecular complexity index is 596. The molecule has 1 aliphatic carbocycles.